The highest BCUT2D eigenvalue weighted by Crippen LogP contribution is 2.28. The van der Waals surface area contributed by atoms with Crippen molar-refractivity contribution >= 4 is 23.2 Å². The van der Waals surface area contributed by atoms with Crippen molar-refractivity contribution in [3.8, 4) is 0 Å². The van der Waals surface area contributed by atoms with Gasteiger partial charge in [-0.05, 0) is 42.5 Å². The molecule has 4 rings (SSSR count). The second kappa shape index (κ2) is 7.89. The minimum atomic E-state index is -0.552. The molecule has 0 radical (unpaired) electrons. The smallest absolute Gasteiger partial charge is 0.288 e. The molecule has 0 saturated carbocycles. The molecule has 7 heteroatoms. The monoisotopic (exact) mass is 399 g/mol. The zero-order valence-electron chi connectivity index (χ0n) is 15.5. The summed E-state index contributed by atoms with van der Waals surface area (Å²) in [6, 6.07) is 13.1. The number of nitrogens with zero attached hydrogens (tertiary/aromatic N) is 3. The third-order valence-corrected chi connectivity index (χ3v) is 6.07. The molecule has 0 bridgehead atoms. The molecule has 1 atom stereocenters. The van der Waals surface area contributed by atoms with Crippen LogP contribution in [0, 0.1) is 10.1 Å². The molecule has 0 N–H and O–H groups in total. The van der Waals surface area contributed by atoms with Crippen LogP contribution in [0.3, 0.4) is 0 Å². The summed E-state index contributed by atoms with van der Waals surface area (Å²) in [6.07, 6.45) is 3.03. The molecule has 0 aliphatic carbocycles. The highest BCUT2D eigenvalue weighted by Gasteiger charge is 2.30. The van der Waals surface area contributed by atoms with Crippen molar-refractivity contribution in [3.05, 3.63) is 74.3 Å². The minimum Gasteiger partial charge on any atom is -0.337 e. The fourth-order valence-electron chi connectivity index (χ4n) is 4.23. The van der Waals surface area contributed by atoms with Crippen molar-refractivity contribution in [1.29, 1.82) is 0 Å². The first-order valence-electron chi connectivity index (χ1n) is 9.57. The van der Waals surface area contributed by atoms with Crippen LogP contribution in [0.4, 0.5) is 5.69 Å². The lowest BCUT2D eigenvalue weighted by Gasteiger charge is -2.41. The Kier molecular flexibility index (Phi) is 5.33. The summed E-state index contributed by atoms with van der Waals surface area (Å²) in [5.41, 5.74) is 2.87. The zero-order chi connectivity index (χ0) is 19.7. The van der Waals surface area contributed by atoms with Gasteiger partial charge in [-0.1, -0.05) is 35.9 Å². The maximum absolute atomic E-state index is 13.0. The zero-order valence-corrected chi connectivity index (χ0v) is 16.3. The Morgan fingerprint density at radius 2 is 1.93 bits per heavy atom. The number of rotatable bonds is 3. The lowest BCUT2D eigenvalue weighted by Crippen LogP contribution is -2.51. The second-order valence-corrected chi connectivity index (χ2v) is 7.87. The number of nitro benzene ring substituents is 1. The topological polar surface area (TPSA) is 66.7 Å². The Morgan fingerprint density at radius 3 is 2.71 bits per heavy atom. The van der Waals surface area contributed by atoms with Gasteiger partial charge in [0.2, 0.25) is 0 Å². The molecule has 2 aliphatic heterocycles. The van der Waals surface area contributed by atoms with Crippen molar-refractivity contribution in [2.45, 2.75) is 31.8 Å². The molecule has 6 nitrogen and oxygen atoms in total. The van der Waals surface area contributed by atoms with Gasteiger partial charge in [0, 0.05) is 43.9 Å². The lowest BCUT2D eigenvalue weighted by atomic mass is 9.95. The quantitative estimate of drug-likeness (QED) is 0.579. The van der Waals surface area contributed by atoms with Gasteiger partial charge in [-0.3, -0.25) is 19.8 Å². The molecule has 2 heterocycles. The SMILES string of the molecule is O=C(c1ccc(Cl)c([N+](=O)[O-])c1)N1CCC[C@H](N2CCc3ccccc3C2)C1. The number of fused-ring (bicyclic) bond motifs is 1. The Morgan fingerprint density at radius 1 is 1.14 bits per heavy atom. The number of hydrogen-bond donors (Lipinski definition) is 0. The standard InChI is InChI=1S/C21H22ClN3O3/c22-19-8-7-16(12-20(19)25(27)28)21(26)24-10-3-6-18(14-24)23-11-9-15-4-1-2-5-17(15)13-23/h1-2,4-5,7-8,12,18H,3,6,9-11,13-14H2/t18-/m0/s1. The molecule has 146 valence electrons. The number of hydrogen-bond acceptors (Lipinski definition) is 4. The summed E-state index contributed by atoms with van der Waals surface area (Å²) in [5.74, 6) is -0.165. The number of likely N-dealkylation sites (tertiary alicyclic amines) is 1. The normalized spacial score (nSPS) is 19.9. The van der Waals surface area contributed by atoms with Crippen LogP contribution in [0.5, 0.6) is 0 Å². The van der Waals surface area contributed by atoms with E-state index in [0.717, 1.165) is 32.4 Å². The Labute approximate surface area is 168 Å². The fraction of sp³-hybridized carbons (Fsp3) is 0.381. The number of benzene rings is 2. The number of halogens is 1. The van der Waals surface area contributed by atoms with Gasteiger partial charge in [-0.25, -0.2) is 0 Å². The molecule has 0 spiro atoms. The highest BCUT2D eigenvalue weighted by atomic mass is 35.5. The Hall–Kier alpha value is -2.44. The van der Waals surface area contributed by atoms with E-state index in [1.165, 1.54) is 23.3 Å². The maximum atomic E-state index is 13.0. The summed E-state index contributed by atoms with van der Waals surface area (Å²) in [5, 5.41) is 11.2. The molecule has 1 amide bonds. The minimum absolute atomic E-state index is 0.0463. The van der Waals surface area contributed by atoms with Gasteiger partial charge < -0.3 is 4.90 Å². The summed E-state index contributed by atoms with van der Waals surface area (Å²) in [6.45, 7) is 3.24. The molecule has 28 heavy (non-hydrogen) atoms. The van der Waals surface area contributed by atoms with Crippen LogP contribution in [-0.2, 0) is 13.0 Å². The Balaban J connectivity index is 1.48. The summed E-state index contributed by atoms with van der Waals surface area (Å²) in [7, 11) is 0. The highest BCUT2D eigenvalue weighted by molar-refractivity contribution is 6.32. The number of carbonyl (C=O) groups is 1. The van der Waals surface area contributed by atoms with E-state index in [1.54, 1.807) is 6.07 Å². The first-order valence-corrected chi connectivity index (χ1v) is 9.95. The van der Waals surface area contributed by atoms with E-state index in [-0.39, 0.29) is 16.6 Å². The fourth-order valence-corrected chi connectivity index (χ4v) is 4.42. The van der Waals surface area contributed by atoms with Gasteiger partial charge in [0.05, 0.1) is 4.92 Å². The predicted molar refractivity (Wildman–Crippen MR) is 108 cm³/mol. The van der Waals surface area contributed by atoms with E-state index in [4.69, 9.17) is 11.6 Å². The molecule has 2 aromatic carbocycles. The van der Waals surface area contributed by atoms with Crippen LogP contribution in [0.2, 0.25) is 5.02 Å². The lowest BCUT2D eigenvalue weighted by molar-refractivity contribution is -0.384. The van der Waals surface area contributed by atoms with Crippen LogP contribution in [0.25, 0.3) is 0 Å². The molecular weight excluding hydrogens is 378 g/mol. The van der Waals surface area contributed by atoms with Crippen molar-refractivity contribution in [2.75, 3.05) is 19.6 Å². The van der Waals surface area contributed by atoms with Gasteiger partial charge in [0.15, 0.2) is 0 Å². The van der Waals surface area contributed by atoms with E-state index in [0.29, 0.717) is 24.7 Å². The second-order valence-electron chi connectivity index (χ2n) is 7.46. The Bertz CT molecular complexity index is 918. The average molecular weight is 400 g/mol. The van der Waals surface area contributed by atoms with Gasteiger partial charge >= 0.3 is 0 Å². The van der Waals surface area contributed by atoms with Crippen LogP contribution in [-0.4, -0.2) is 46.3 Å². The van der Waals surface area contributed by atoms with Crippen LogP contribution >= 0.6 is 11.6 Å². The third kappa shape index (κ3) is 3.75. The summed E-state index contributed by atoms with van der Waals surface area (Å²) >= 11 is 5.87. The predicted octanol–water partition coefficient (Wildman–Crippen LogP) is 3.91. The molecular formula is C21H22ClN3O3. The van der Waals surface area contributed by atoms with Crippen LogP contribution < -0.4 is 0 Å². The molecule has 0 aromatic heterocycles. The van der Waals surface area contributed by atoms with E-state index in [1.807, 2.05) is 4.90 Å². The molecule has 1 fully saturated rings. The van der Waals surface area contributed by atoms with Crippen molar-refractivity contribution in [1.82, 2.24) is 9.80 Å². The van der Waals surface area contributed by atoms with E-state index >= 15 is 0 Å². The maximum Gasteiger partial charge on any atom is 0.288 e. The molecule has 2 aromatic rings. The van der Waals surface area contributed by atoms with Crippen molar-refractivity contribution < 1.29 is 9.72 Å². The average Bonchev–Trinajstić information content (AvgIpc) is 2.73. The van der Waals surface area contributed by atoms with E-state index in [9.17, 15) is 14.9 Å². The van der Waals surface area contributed by atoms with E-state index < -0.39 is 4.92 Å². The van der Waals surface area contributed by atoms with Crippen molar-refractivity contribution in [3.63, 3.8) is 0 Å². The number of amides is 1. The number of carbonyl (C=O) groups excluding carboxylic acids is 1. The van der Waals surface area contributed by atoms with E-state index in [2.05, 4.69) is 29.2 Å². The number of nitro groups is 1. The van der Waals surface area contributed by atoms with Crippen LogP contribution in [0.1, 0.15) is 34.3 Å². The molecule has 2 aliphatic rings. The van der Waals surface area contributed by atoms with Gasteiger partial charge in [0.25, 0.3) is 11.6 Å². The van der Waals surface area contributed by atoms with Gasteiger partial charge in [-0.2, -0.15) is 0 Å². The summed E-state index contributed by atoms with van der Waals surface area (Å²) < 4.78 is 0. The molecule has 1 saturated heterocycles. The number of piperidine rings is 1. The molecule has 0 unspecified atom stereocenters. The first-order chi connectivity index (χ1) is 13.5. The van der Waals surface area contributed by atoms with Gasteiger partial charge in [0.1, 0.15) is 5.02 Å². The van der Waals surface area contributed by atoms with Crippen LogP contribution in [0.15, 0.2) is 42.5 Å². The first kappa shape index (κ1) is 18.9. The summed E-state index contributed by atoms with van der Waals surface area (Å²) in [4.78, 5) is 27.8. The largest absolute Gasteiger partial charge is 0.337 e. The third-order valence-electron chi connectivity index (χ3n) is 5.75. The van der Waals surface area contributed by atoms with Gasteiger partial charge in [-0.15, -0.1) is 0 Å². The van der Waals surface area contributed by atoms with Crippen molar-refractivity contribution in [2.24, 2.45) is 0 Å².